The number of piperidine rings is 1. The average molecular weight is 531 g/mol. The van der Waals surface area contributed by atoms with E-state index in [0.29, 0.717) is 43.0 Å². The number of nitrogens with zero attached hydrogens (tertiary/aromatic N) is 1. The summed E-state index contributed by atoms with van der Waals surface area (Å²) >= 11 is 0. The Balaban J connectivity index is 1.64. The molecule has 2 aromatic carbocycles. The molecule has 2 aromatic rings. The molecule has 0 N–H and O–H groups in total. The quantitative estimate of drug-likeness (QED) is 0.314. The molecule has 1 aliphatic heterocycles. The summed E-state index contributed by atoms with van der Waals surface area (Å²) in [4.78, 5) is 25.6. The summed E-state index contributed by atoms with van der Waals surface area (Å²) in [5.74, 6) is -0.940. The van der Waals surface area contributed by atoms with Crippen LogP contribution in [-0.2, 0) is 33.0 Å². The molecule has 0 spiro atoms. The zero-order chi connectivity index (χ0) is 27.4. The molecular weight excluding hydrogens is 504 g/mol. The molecular formula is C26H27F6NO4. The number of likely N-dealkylation sites (tertiary alicyclic amines) is 1. The van der Waals surface area contributed by atoms with Crippen molar-refractivity contribution in [3.63, 3.8) is 0 Å². The third-order valence-corrected chi connectivity index (χ3v) is 6.44. The number of hydrogen-bond acceptors (Lipinski definition) is 5. The van der Waals surface area contributed by atoms with Crippen LogP contribution in [0.25, 0.3) is 0 Å². The Hall–Kier alpha value is -3.08. The molecule has 202 valence electrons. The molecule has 0 saturated carbocycles. The Morgan fingerprint density at radius 1 is 1.00 bits per heavy atom. The van der Waals surface area contributed by atoms with Gasteiger partial charge >= 0.3 is 24.3 Å². The summed E-state index contributed by atoms with van der Waals surface area (Å²) in [6, 6.07) is 7.18. The standard InChI is InChI=1S/C26H27F6NO4/c1-16(21-15-19(25(27,28)29)7-8-22(21)26(30,31)32)33-12-10-20(11-13-33)37-24(35)18-5-3-4-17(14-18)6-9-23(34)36-2/h3-5,7-8,14-16,20H,6,9-13H2,1-2H3. The van der Waals surface area contributed by atoms with Gasteiger partial charge in [-0.1, -0.05) is 12.1 Å². The first-order valence-electron chi connectivity index (χ1n) is 11.7. The van der Waals surface area contributed by atoms with Gasteiger partial charge in [0.05, 0.1) is 23.8 Å². The lowest BCUT2D eigenvalue weighted by Crippen LogP contribution is -2.39. The molecule has 5 nitrogen and oxygen atoms in total. The largest absolute Gasteiger partial charge is 0.469 e. The molecule has 11 heteroatoms. The summed E-state index contributed by atoms with van der Waals surface area (Å²) in [5.41, 5.74) is -1.63. The average Bonchev–Trinajstić information content (AvgIpc) is 2.86. The Labute approximate surface area is 210 Å². The smallest absolute Gasteiger partial charge is 0.416 e. The Morgan fingerprint density at radius 3 is 2.27 bits per heavy atom. The minimum Gasteiger partial charge on any atom is -0.469 e. The van der Waals surface area contributed by atoms with E-state index in [2.05, 4.69) is 4.74 Å². The molecule has 1 atom stereocenters. The topological polar surface area (TPSA) is 55.8 Å². The second kappa shape index (κ2) is 11.5. The van der Waals surface area contributed by atoms with E-state index >= 15 is 0 Å². The number of hydrogen-bond donors (Lipinski definition) is 0. The SMILES string of the molecule is COC(=O)CCc1cccc(C(=O)OC2CCN(C(C)c3cc(C(F)(F)F)ccc3C(F)(F)F)CC2)c1. The molecule has 0 bridgehead atoms. The number of carbonyl (C=O) groups excluding carboxylic acids is 2. The van der Waals surface area contributed by atoms with Crippen molar-refractivity contribution in [2.75, 3.05) is 20.2 Å². The maximum Gasteiger partial charge on any atom is 0.416 e. The summed E-state index contributed by atoms with van der Waals surface area (Å²) in [5, 5.41) is 0. The number of halogens is 6. The normalized spacial score (nSPS) is 16.3. The molecule has 1 fully saturated rings. The minimum absolute atomic E-state index is 0.160. The van der Waals surface area contributed by atoms with Crippen LogP contribution in [0.2, 0.25) is 0 Å². The van der Waals surface area contributed by atoms with Crippen LogP contribution >= 0.6 is 0 Å². The van der Waals surface area contributed by atoms with Crippen molar-refractivity contribution in [3.05, 3.63) is 70.3 Å². The number of methoxy groups -OCH3 is 1. The minimum atomic E-state index is -4.80. The van der Waals surface area contributed by atoms with Gasteiger partial charge in [-0.2, -0.15) is 26.3 Å². The molecule has 1 heterocycles. The number of benzene rings is 2. The van der Waals surface area contributed by atoms with E-state index in [-0.39, 0.29) is 25.5 Å². The Bertz CT molecular complexity index is 1110. The lowest BCUT2D eigenvalue weighted by molar-refractivity contribution is -0.142. The monoisotopic (exact) mass is 531 g/mol. The highest BCUT2D eigenvalue weighted by molar-refractivity contribution is 5.89. The summed E-state index contributed by atoms with van der Waals surface area (Å²) in [6.07, 6.45) is -8.87. The maximum absolute atomic E-state index is 13.5. The molecule has 3 rings (SSSR count). The summed E-state index contributed by atoms with van der Waals surface area (Å²) < 4.78 is 90.3. The van der Waals surface area contributed by atoms with Crippen molar-refractivity contribution >= 4 is 11.9 Å². The van der Waals surface area contributed by atoms with Crippen molar-refractivity contribution in [2.45, 2.75) is 57.1 Å². The van der Waals surface area contributed by atoms with Crippen LogP contribution in [0.15, 0.2) is 42.5 Å². The molecule has 1 aliphatic rings. The van der Waals surface area contributed by atoms with E-state index in [0.717, 1.165) is 5.56 Å². The van der Waals surface area contributed by atoms with Gasteiger partial charge in [0.2, 0.25) is 0 Å². The summed E-state index contributed by atoms with van der Waals surface area (Å²) in [7, 11) is 1.29. The molecule has 0 radical (unpaired) electrons. The molecule has 0 amide bonds. The van der Waals surface area contributed by atoms with Gasteiger partial charge < -0.3 is 9.47 Å². The Kier molecular flexibility index (Phi) is 8.88. The van der Waals surface area contributed by atoms with Gasteiger partial charge in [0.25, 0.3) is 0 Å². The molecule has 0 aromatic heterocycles. The fourth-order valence-corrected chi connectivity index (χ4v) is 4.34. The van der Waals surface area contributed by atoms with Crippen molar-refractivity contribution in [2.24, 2.45) is 0 Å². The van der Waals surface area contributed by atoms with Crippen LogP contribution < -0.4 is 0 Å². The molecule has 0 aliphatic carbocycles. The van der Waals surface area contributed by atoms with Crippen LogP contribution in [0.5, 0.6) is 0 Å². The number of carbonyl (C=O) groups is 2. The fourth-order valence-electron chi connectivity index (χ4n) is 4.34. The number of alkyl halides is 6. The first-order valence-corrected chi connectivity index (χ1v) is 11.7. The first-order chi connectivity index (χ1) is 17.3. The van der Waals surface area contributed by atoms with Crippen LogP contribution in [-0.4, -0.2) is 43.1 Å². The van der Waals surface area contributed by atoms with Crippen molar-refractivity contribution < 1.29 is 45.4 Å². The number of ether oxygens (including phenoxy) is 2. The van der Waals surface area contributed by atoms with Gasteiger partial charge in [-0.3, -0.25) is 9.69 Å². The van der Waals surface area contributed by atoms with Gasteiger partial charge in [-0.05, 0) is 67.6 Å². The van der Waals surface area contributed by atoms with Gasteiger partial charge in [0.15, 0.2) is 0 Å². The van der Waals surface area contributed by atoms with E-state index in [1.807, 2.05) is 0 Å². The zero-order valence-corrected chi connectivity index (χ0v) is 20.3. The van der Waals surface area contributed by atoms with Crippen LogP contribution in [0.3, 0.4) is 0 Å². The predicted octanol–water partition coefficient (Wildman–Crippen LogP) is 6.21. The van der Waals surface area contributed by atoms with E-state index in [9.17, 15) is 35.9 Å². The zero-order valence-electron chi connectivity index (χ0n) is 20.3. The van der Waals surface area contributed by atoms with Gasteiger partial charge in [-0.25, -0.2) is 4.79 Å². The highest BCUT2D eigenvalue weighted by Crippen LogP contribution is 2.40. The second-order valence-electron chi connectivity index (χ2n) is 8.89. The highest BCUT2D eigenvalue weighted by Gasteiger charge is 2.39. The van der Waals surface area contributed by atoms with Crippen molar-refractivity contribution in [1.82, 2.24) is 4.90 Å². The third kappa shape index (κ3) is 7.47. The van der Waals surface area contributed by atoms with E-state index in [1.165, 1.54) is 14.0 Å². The predicted molar refractivity (Wildman–Crippen MR) is 122 cm³/mol. The molecule has 1 saturated heterocycles. The second-order valence-corrected chi connectivity index (χ2v) is 8.89. The van der Waals surface area contributed by atoms with E-state index < -0.39 is 47.2 Å². The van der Waals surface area contributed by atoms with Crippen molar-refractivity contribution in [1.29, 1.82) is 0 Å². The number of esters is 2. The fraction of sp³-hybridized carbons (Fsp3) is 0.462. The third-order valence-electron chi connectivity index (χ3n) is 6.44. The van der Waals surface area contributed by atoms with Gasteiger partial charge in [-0.15, -0.1) is 0 Å². The summed E-state index contributed by atoms with van der Waals surface area (Å²) in [6.45, 7) is 1.93. The Morgan fingerprint density at radius 2 is 1.68 bits per heavy atom. The number of aryl methyl sites for hydroxylation is 1. The highest BCUT2D eigenvalue weighted by atomic mass is 19.4. The van der Waals surface area contributed by atoms with Crippen LogP contribution in [0.1, 0.15) is 64.8 Å². The number of rotatable bonds is 7. The van der Waals surface area contributed by atoms with Crippen LogP contribution in [0, 0.1) is 0 Å². The lowest BCUT2D eigenvalue weighted by atomic mass is 9.95. The molecule has 37 heavy (non-hydrogen) atoms. The maximum atomic E-state index is 13.5. The molecule has 1 unspecified atom stereocenters. The first kappa shape index (κ1) is 28.5. The van der Waals surface area contributed by atoms with E-state index in [4.69, 9.17) is 4.74 Å². The van der Waals surface area contributed by atoms with E-state index in [1.54, 1.807) is 29.2 Å². The van der Waals surface area contributed by atoms with Gasteiger partial charge in [0.1, 0.15) is 6.10 Å². The van der Waals surface area contributed by atoms with Crippen molar-refractivity contribution in [3.8, 4) is 0 Å². The van der Waals surface area contributed by atoms with Crippen LogP contribution in [0.4, 0.5) is 26.3 Å². The lowest BCUT2D eigenvalue weighted by Gasteiger charge is -2.37. The van der Waals surface area contributed by atoms with Gasteiger partial charge in [0, 0.05) is 25.6 Å².